The Bertz CT molecular complexity index is 673. The van der Waals surface area contributed by atoms with Gasteiger partial charge in [0.05, 0.1) is 5.39 Å². The number of nitrogens with zero attached hydrogens (tertiary/aromatic N) is 4. The van der Waals surface area contributed by atoms with Gasteiger partial charge in [-0.1, -0.05) is 0 Å². The van der Waals surface area contributed by atoms with Gasteiger partial charge in [-0.05, 0) is 54.2 Å². The standard InChI is InChI=1S/C14H18BrN5/c1-19-3-2-14(7-19)4-9(5-14)20-6-10(15)11-12(16)17-8-18-13(11)20/h6,8-9H,2-5,7H2,1H3,(H2,16,17,18). The minimum absolute atomic E-state index is 0.543. The molecule has 5 nitrogen and oxygen atoms in total. The van der Waals surface area contributed by atoms with Gasteiger partial charge in [-0.25, -0.2) is 9.97 Å². The zero-order valence-electron chi connectivity index (χ0n) is 11.5. The second-order valence-electron chi connectivity index (χ2n) is 6.39. The van der Waals surface area contributed by atoms with Gasteiger partial charge in [0.1, 0.15) is 17.8 Å². The fraction of sp³-hybridized carbons (Fsp3) is 0.571. The number of hydrogen-bond donors (Lipinski definition) is 1. The summed E-state index contributed by atoms with van der Waals surface area (Å²) in [6.45, 7) is 2.47. The SMILES string of the molecule is CN1CCC2(CC(n3cc(Br)c4c(N)ncnc43)C2)C1. The molecular formula is C14H18BrN5. The number of hydrogen-bond acceptors (Lipinski definition) is 4. The summed E-state index contributed by atoms with van der Waals surface area (Å²) in [6, 6.07) is 0.546. The number of fused-ring (bicyclic) bond motifs is 1. The maximum Gasteiger partial charge on any atom is 0.146 e. The van der Waals surface area contributed by atoms with Gasteiger partial charge in [0.15, 0.2) is 0 Å². The van der Waals surface area contributed by atoms with Crippen molar-refractivity contribution in [3.63, 3.8) is 0 Å². The van der Waals surface area contributed by atoms with Gasteiger partial charge in [-0.2, -0.15) is 0 Å². The minimum atomic E-state index is 0.543. The summed E-state index contributed by atoms with van der Waals surface area (Å²) in [5.74, 6) is 0.551. The van der Waals surface area contributed by atoms with E-state index in [9.17, 15) is 0 Å². The van der Waals surface area contributed by atoms with E-state index in [-0.39, 0.29) is 0 Å². The second-order valence-corrected chi connectivity index (χ2v) is 7.25. The summed E-state index contributed by atoms with van der Waals surface area (Å²) in [7, 11) is 2.22. The highest BCUT2D eigenvalue weighted by Gasteiger charge is 2.48. The molecule has 20 heavy (non-hydrogen) atoms. The van der Waals surface area contributed by atoms with E-state index in [1.165, 1.54) is 32.4 Å². The highest BCUT2D eigenvalue weighted by atomic mass is 79.9. The first-order valence-electron chi connectivity index (χ1n) is 7.03. The maximum atomic E-state index is 5.96. The van der Waals surface area contributed by atoms with Crippen LogP contribution in [0.4, 0.5) is 5.82 Å². The molecule has 2 aromatic rings. The van der Waals surface area contributed by atoms with Gasteiger partial charge in [0, 0.05) is 23.3 Å². The number of likely N-dealkylation sites (tertiary alicyclic amines) is 1. The summed E-state index contributed by atoms with van der Waals surface area (Å²) < 4.78 is 3.27. The highest BCUT2D eigenvalue weighted by Crippen LogP contribution is 2.54. The third kappa shape index (κ3) is 1.71. The lowest BCUT2D eigenvalue weighted by molar-refractivity contribution is 0.0758. The Kier molecular flexibility index (Phi) is 2.63. The van der Waals surface area contributed by atoms with Crippen LogP contribution in [0.5, 0.6) is 0 Å². The van der Waals surface area contributed by atoms with E-state index in [0.29, 0.717) is 17.3 Å². The van der Waals surface area contributed by atoms with Crippen molar-refractivity contribution in [2.75, 3.05) is 25.9 Å². The molecule has 0 radical (unpaired) electrons. The topological polar surface area (TPSA) is 60.0 Å². The molecule has 3 heterocycles. The monoisotopic (exact) mass is 335 g/mol. The van der Waals surface area contributed by atoms with E-state index in [0.717, 1.165) is 15.5 Å². The minimum Gasteiger partial charge on any atom is -0.383 e. The zero-order chi connectivity index (χ0) is 13.9. The Morgan fingerprint density at radius 2 is 2.20 bits per heavy atom. The van der Waals surface area contributed by atoms with Crippen molar-refractivity contribution < 1.29 is 0 Å². The van der Waals surface area contributed by atoms with E-state index in [2.05, 4.69) is 48.6 Å². The molecule has 1 saturated carbocycles. The molecule has 0 aromatic carbocycles. The van der Waals surface area contributed by atoms with Crippen molar-refractivity contribution in [1.29, 1.82) is 0 Å². The van der Waals surface area contributed by atoms with E-state index in [4.69, 9.17) is 5.73 Å². The number of anilines is 1. The third-order valence-corrected chi connectivity index (χ3v) is 5.55. The summed E-state index contributed by atoms with van der Waals surface area (Å²) >= 11 is 3.59. The molecule has 0 unspecified atom stereocenters. The normalized spacial score (nSPS) is 30.2. The van der Waals surface area contributed by atoms with Crippen LogP contribution in [0.3, 0.4) is 0 Å². The predicted molar refractivity (Wildman–Crippen MR) is 82.5 cm³/mol. The molecule has 4 rings (SSSR count). The van der Waals surface area contributed by atoms with Crippen LogP contribution in [0.2, 0.25) is 0 Å². The first kappa shape index (κ1) is 12.6. The number of rotatable bonds is 1. The van der Waals surface area contributed by atoms with Crippen molar-refractivity contribution in [1.82, 2.24) is 19.4 Å². The van der Waals surface area contributed by atoms with Crippen molar-refractivity contribution in [2.24, 2.45) is 5.41 Å². The quantitative estimate of drug-likeness (QED) is 0.869. The van der Waals surface area contributed by atoms with Crippen LogP contribution in [0.1, 0.15) is 25.3 Å². The lowest BCUT2D eigenvalue weighted by Crippen LogP contribution is -2.40. The smallest absolute Gasteiger partial charge is 0.146 e. The highest BCUT2D eigenvalue weighted by molar-refractivity contribution is 9.10. The molecule has 2 N–H and O–H groups in total. The van der Waals surface area contributed by atoms with Crippen LogP contribution >= 0.6 is 15.9 Å². The van der Waals surface area contributed by atoms with Gasteiger partial charge >= 0.3 is 0 Å². The zero-order valence-corrected chi connectivity index (χ0v) is 13.1. The van der Waals surface area contributed by atoms with Crippen molar-refractivity contribution in [2.45, 2.75) is 25.3 Å². The Balaban J connectivity index is 1.67. The lowest BCUT2D eigenvalue weighted by Gasteiger charge is -2.46. The van der Waals surface area contributed by atoms with E-state index in [1.807, 2.05) is 0 Å². The average molecular weight is 336 g/mol. The van der Waals surface area contributed by atoms with Crippen LogP contribution < -0.4 is 5.73 Å². The summed E-state index contributed by atoms with van der Waals surface area (Å²) in [5, 5.41) is 0.942. The van der Waals surface area contributed by atoms with Crippen molar-refractivity contribution in [3.05, 3.63) is 17.0 Å². The van der Waals surface area contributed by atoms with Crippen LogP contribution in [0.25, 0.3) is 11.0 Å². The fourth-order valence-electron chi connectivity index (χ4n) is 3.97. The van der Waals surface area contributed by atoms with Crippen LogP contribution in [-0.4, -0.2) is 39.6 Å². The average Bonchev–Trinajstić information content (AvgIpc) is 2.90. The third-order valence-electron chi connectivity index (χ3n) is 4.95. The van der Waals surface area contributed by atoms with E-state index in [1.54, 1.807) is 6.33 Å². The van der Waals surface area contributed by atoms with E-state index < -0.39 is 0 Å². The summed E-state index contributed by atoms with van der Waals surface area (Å²) in [6.07, 6.45) is 7.50. The van der Waals surface area contributed by atoms with Gasteiger partial charge in [-0.15, -0.1) is 0 Å². The number of nitrogen functional groups attached to an aromatic ring is 1. The lowest BCUT2D eigenvalue weighted by atomic mass is 9.65. The molecule has 106 valence electrons. The van der Waals surface area contributed by atoms with Crippen LogP contribution in [0, 0.1) is 5.41 Å². The van der Waals surface area contributed by atoms with E-state index >= 15 is 0 Å². The maximum absolute atomic E-state index is 5.96. The fourth-order valence-corrected chi connectivity index (χ4v) is 4.57. The van der Waals surface area contributed by atoms with Gasteiger partial charge in [0.2, 0.25) is 0 Å². The second kappa shape index (κ2) is 4.18. The Morgan fingerprint density at radius 3 is 2.90 bits per heavy atom. The molecule has 1 aliphatic carbocycles. The molecule has 6 heteroatoms. The molecule has 1 saturated heterocycles. The predicted octanol–water partition coefficient (Wildman–Crippen LogP) is 2.43. The largest absolute Gasteiger partial charge is 0.383 e. The van der Waals surface area contributed by atoms with Gasteiger partial charge in [-0.3, -0.25) is 0 Å². The Hall–Kier alpha value is -1.14. The molecule has 2 aromatic heterocycles. The Labute approximate surface area is 126 Å². The molecule has 0 amide bonds. The number of aromatic nitrogens is 3. The molecule has 2 fully saturated rings. The van der Waals surface area contributed by atoms with Crippen molar-refractivity contribution in [3.8, 4) is 0 Å². The van der Waals surface area contributed by atoms with Crippen LogP contribution in [0.15, 0.2) is 17.0 Å². The number of nitrogens with two attached hydrogens (primary N) is 1. The molecule has 0 bridgehead atoms. The number of halogens is 1. The molecule has 1 aliphatic heterocycles. The van der Waals surface area contributed by atoms with Crippen molar-refractivity contribution >= 4 is 32.8 Å². The summed E-state index contributed by atoms with van der Waals surface area (Å²) in [4.78, 5) is 11.0. The first-order chi connectivity index (χ1) is 9.58. The summed E-state index contributed by atoms with van der Waals surface area (Å²) in [5.41, 5.74) is 7.46. The molecule has 2 aliphatic rings. The van der Waals surface area contributed by atoms with Gasteiger partial charge < -0.3 is 15.2 Å². The molecular weight excluding hydrogens is 318 g/mol. The van der Waals surface area contributed by atoms with Gasteiger partial charge in [0.25, 0.3) is 0 Å². The Morgan fingerprint density at radius 1 is 1.40 bits per heavy atom. The first-order valence-corrected chi connectivity index (χ1v) is 7.82. The molecule has 0 atom stereocenters. The van der Waals surface area contributed by atoms with Crippen LogP contribution in [-0.2, 0) is 0 Å². The molecule has 1 spiro atoms.